The Morgan fingerprint density at radius 3 is 3.06 bits per heavy atom. The average Bonchev–Trinajstić information content (AvgIpc) is 2.81. The minimum atomic E-state index is -2.78. The Labute approximate surface area is 97.2 Å². The summed E-state index contributed by atoms with van der Waals surface area (Å²) in [6.07, 6.45) is 1.17. The quantitative estimate of drug-likeness (QED) is 0.789. The normalized spacial score (nSPS) is 22.6. The van der Waals surface area contributed by atoms with Crippen LogP contribution in [0, 0.1) is 0 Å². The lowest BCUT2D eigenvalue weighted by atomic mass is 10.2. The first-order valence-electron chi connectivity index (χ1n) is 5.34. The maximum absolute atomic E-state index is 12.9. The van der Waals surface area contributed by atoms with Crippen LogP contribution in [-0.2, 0) is 18.4 Å². The van der Waals surface area contributed by atoms with Crippen LogP contribution in [0.2, 0.25) is 0 Å². The Bertz CT molecular complexity index is 418. The molecule has 0 radical (unpaired) electrons. The fraction of sp³-hybridized carbons (Fsp3) is 0.600. The van der Waals surface area contributed by atoms with Gasteiger partial charge in [-0.15, -0.1) is 0 Å². The number of nitrogens with zero attached hydrogens (tertiary/aromatic N) is 2. The Morgan fingerprint density at radius 1 is 1.76 bits per heavy atom. The van der Waals surface area contributed by atoms with Crippen LogP contribution in [0.25, 0.3) is 0 Å². The molecule has 2 heterocycles. The van der Waals surface area contributed by atoms with E-state index in [2.05, 4.69) is 15.7 Å². The van der Waals surface area contributed by atoms with Gasteiger partial charge in [-0.05, 0) is 6.07 Å². The number of hydrogen-bond donors (Lipinski definition) is 2. The van der Waals surface area contributed by atoms with E-state index in [1.807, 2.05) is 0 Å². The summed E-state index contributed by atoms with van der Waals surface area (Å²) in [5, 5.41) is 9.06. The average molecular weight is 244 g/mol. The van der Waals surface area contributed by atoms with Gasteiger partial charge in [0.05, 0.1) is 24.8 Å². The van der Waals surface area contributed by atoms with Crippen molar-refractivity contribution in [3.8, 4) is 0 Å². The molecule has 0 aromatic carbocycles. The maximum Gasteiger partial charge on any atom is 0.262 e. The van der Waals surface area contributed by atoms with Crippen LogP contribution in [0.4, 0.5) is 8.78 Å². The molecule has 1 aliphatic rings. The molecular formula is C10H14F2N4O. The zero-order valence-electron chi connectivity index (χ0n) is 9.41. The molecule has 5 nitrogen and oxygen atoms in total. The molecule has 1 aromatic rings. The van der Waals surface area contributed by atoms with E-state index in [0.29, 0.717) is 6.54 Å². The standard InChI is InChI=1S/C10H14F2N4O/c1-16-7(2-3-15-16)5-13-9(17)8-4-10(11,12)6-14-8/h2-3,8,14H,4-6H2,1H3,(H,13,17). The second kappa shape index (κ2) is 4.40. The van der Waals surface area contributed by atoms with Crippen molar-refractivity contribution in [2.45, 2.75) is 24.9 Å². The number of carbonyl (C=O) groups excluding carboxylic acids is 1. The third-order valence-electron chi connectivity index (χ3n) is 2.79. The van der Waals surface area contributed by atoms with Gasteiger partial charge in [-0.3, -0.25) is 14.8 Å². The molecule has 2 N–H and O–H groups in total. The summed E-state index contributed by atoms with van der Waals surface area (Å²) in [6.45, 7) is -0.143. The van der Waals surface area contributed by atoms with Crippen molar-refractivity contribution in [1.82, 2.24) is 20.4 Å². The molecule has 0 spiro atoms. The lowest BCUT2D eigenvalue weighted by Gasteiger charge is -2.11. The summed E-state index contributed by atoms with van der Waals surface area (Å²) in [7, 11) is 1.75. The van der Waals surface area contributed by atoms with Gasteiger partial charge in [0.25, 0.3) is 5.92 Å². The molecule has 1 fully saturated rings. The molecule has 0 aliphatic carbocycles. The Kier molecular flexibility index (Phi) is 3.10. The van der Waals surface area contributed by atoms with Crippen molar-refractivity contribution in [3.05, 3.63) is 18.0 Å². The highest BCUT2D eigenvalue weighted by atomic mass is 19.3. The Hall–Kier alpha value is -1.50. The molecule has 1 amide bonds. The lowest BCUT2D eigenvalue weighted by molar-refractivity contribution is -0.123. The molecule has 1 aromatic heterocycles. The first-order valence-corrected chi connectivity index (χ1v) is 5.34. The summed E-state index contributed by atoms with van der Waals surface area (Å²) in [6, 6.07) is 0.954. The second-order valence-corrected chi connectivity index (χ2v) is 4.16. The minimum absolute atomic E-state index is 0.291. The van der Waals surface area contributed by atoms with E-state index in [9.17, 15) is 13.6 Å². The zero-order valence-corrected chi connectivity index (χ0v) is 9.41. The van der Waals surface area contributed by atoms with E-state index in [0.717, 1.165) is 5.69 Å². The molecule has 1 saturated heterocycles. The molecule has 7 heteroatoms. The fourth-order valence-corrected chi connectivity index (χ4v) is 1.78. The van der Waals surface area contributed by atoms with Gasteiger partial charge in [-0.25, -0.2) is 8.78 Å². The van der Waals surface area contributed by atoms with Gasteiger partial charge in [0.2, 0.25) is 5.91 Å². The largest absolute Gasteiger partial charge is 0.349 e. The van der Waals surface area contributed by atoms with Gasteiger partial charge in [-0.2, -0.15) is 5.10 Å². The highest BCUT2D eigenvalue weighted by molar-refractivity contribution is 5.82. The van der Waals surface area contributed by atoms with Crippen molar-refractivity contribution in [1.29, 1.82) is 0 Å². The second-order valence-electron chi connectivity index (χ2n) is 4.16. The van der Waals surface area contributed by atoms with Gasteiger partial charge in [0, 0.05) is 19.7 Å². The van der Waals surface area contributed by atoms with Crippen LogP contribution < -0.4 is 10.6 Å². The van der Waals surface area contributed by atoms with Gasteiger partial charge >= 0.3 is 0 Å². The third kappa shape index (κ3) is 2.79. The van der Waals surface area contributed by atoms with Gasteiger partial charge in [0.1, 0.15) is 0 Å². The van der Waals surface area contributed by atoms with Crippen LogP contribution in [0.15, 0.2) is 12.3 Å². The molecular weight excluding hydrogens is 230 g/mol. The van der Waals surface area contributed by atoms with Crippen LogP contribution in [0.1, 0.15) is 12.1 Å². The SMILES string of the molecule is Cn1nccc1CNC(=O)C1CC(F)(F)CN1. The number of aromatic nitrogens is 2. The number of alkyl halides is 2. The van der Waals surface area contributed by atoms with E-state index < -0.39 is 30.8 Å². The maximum atomic E-state index is 12.9. The monoisotopic (exact) mass is 244 g/mol. The van der Waals surface area contributed by atoms with Crippen molar-refractivity contribution < 1.29 is 13.6 Å². The summed E-state index contributed by atoms with van der Waals surface area (Å²) >= 11 is 0. The number of hydrogen-bond acceptors (Lipinski definition) is 3. The number of aryl methyl sites for hydroxylation is 1. The van der Waals surface area contributed by atoms with Crippen molar-refractivity contribution in [2.24, 2.45) is 7.05 Å². The Morgan fingerprint density at radius 2 is 2.53 bits per heavy atom. The topological polar surface area (TPSA) is 59.0 Å². The predicted molar refractivity (Wildman–Crippen MR) is 56.4 cm³/mol. The van der Waals surface area contributed by atoms with Gasteiger partial charge in [-0.1, -0.05) is 0 Å². The van der Waals surface area contributed by atoms with E-state index in [-0.39, 0.29) is 0 Å². The van der Waals surface area contributed by atoms with Crippen molar-refractivity contribution in [2.75, 3.05) is 6.54 Å². The molecule has 2 rings (SSSR count). The summed E-state index contributed by atoms with van der Waals surface area (Å²) in [5.41, 5.74) is 0.822. The summed E-state index contributed by atoms with van der Waals surface area (Å²) in [5.74, 6) is -3.18. The van der Waals surface area contributed by atoms with Gasteiger partial charge in [0.15, 0.2) is 0 Å². The van der Waals surface area contributed by atoms with Crippen molar-refractivity contribution >= 4 is 5.91 Å². The summed E-state index contributed by atoms with van der Waals surface area (Å²) < 4.78 is 27.4. The van der Waals surface area contributed by atoms with E-state index in [1.165, 1.54) is 0 Å². The number of halogens is 2. The van der Waals surface area contributed by atoms with Gasteiger partial charge < -0.3 is 5.32 Å². The highest BCUT2D eigenvalue weighted by Crippen LogP contribution is 2.24. The summed E-state index contributed by atoms with van der Waals surface area (Å²) in [4.78, 5) is 11.6. The number of rotatable bonds is 3. The molecule has 0 bridgehead atoms. The molecule has 1 atom stereocenters. The first kappa shape index (κ1) is 12.0. The first-order chi connectivity index (χ1) is 7.98. The number of carbonyl (C=O) groups is 1. The molecule has 0 saturated carbocycles. The van der Waals surface area contributed by atoms with Crippen molar-refractivity contribution in [3.63, 3.8) is 0 Å². The highest BCUT2D eigenvalue weighted by Gasteiger charge is 2.42. The fourth-order valence-electron chi connectivity index (χ4n) is 1.78. The van der Waals surface area contributed by atoms with Crippen LogP contribution in [-0.4, -0.2) is 34.2 Å². The van der Waals surface area contributed by atoms with E-state index in [1.54, 1.807) is 24.0 Å². The van der Waals surface area contributed by atoms with E-state index >= 15 is 0 Å². The number of amides is 1. The third-order valence-corrected chi connectivity index (χ3v) is 2.79. The lowest BCUT2D eigenvalue weighted by Crippen LogP contribution is -2.40. The van der Waals surface area contributed by atoms with Crippen LogP contribution in [0.5, 0.6) is 0 Å². The van der Waals surface area contributed by atoms with E-state index in [4.69, 9.17) is 0 Å². The minimum Gasteiger partial charge on any atom is -0.349 e. The molecule has 1 aliphatic heterocycles. The zero-order chi connectivity index (χ0) is 12.5. The molecule has 17 heavy (non-hydrogen) atoms. The smallest absolute Gasteiger partial charge is 0.262 e. The predicted octanol–water partition coefficient (Wildman–Crippen LogP) is 0.0335. The number of nitrogens with one attached hydrogen (secondary N) is 2. The molecule has 1 unspecified atom stereocenters. The van der Waals surface area contributed by atoms with Crippen LogP contribution in [0.3, 0.4) is 0 Å². The molecule has 94 valence electrons. The Balaban J connectivity index is 1.85. The van der Waals surface area contributed by atoms with Crippen LogP contribution >= 0.6 is 0 Å².